The van der Waals surface area contributed by atoms with Gasteiger partial charge in [0.1, 0.15) is 11.4 Å². The van der Waals surface area contributed by atoms with E-state index in [1.807, 2.05) is 12.1 Å². The summed E-state index contributed by atoms with van der Waals surface area (Å²) < 4.78 is 48.5. The molecule has 1 fully saturated rings. The van der Waals surface area contributed by atoms with Crippen LogP contribution in [-0.4, -0.2) is 39.3 Å². The van der Waals surface area contributed by atoms with Crippen LogP contribution in [0.2, 0.25) is 5.02 Å². The molecule has 0 aliphatic heterocycles. The molecule has 0 radical (unpaired) electrons. The van der Waals surface area contributed by atoms with E-state index in [1.165, 1.54) is 0 Å². The number of esters is 1. The van der Waals surface area contributed by atoms with Crippen LogP contribution in [0.15, 0.2) is 48.5 Å². The highest BCUT2D eigenvalue weighted by Crippen LogP contribution is 2.48. The molecular weight excluding hydrogens is 509 g/mol. The summed E-state index contributed by atoms with van der Waals surface area (Å²) in [6.07, 6.45) is -2.78. The smallest absolute Gasteiger partial charge is 0.422 e. The van der Waals surface area contributed by atoms with Crippen LogP contribution in [0, 0.1) is 0 Å². The Hall–Kier alpha value is -3.40. The average Bonchev–Trinajstić information content (AvgIpc) is 3.57. The molecule has 0 unspecified atom stereocenters. The van der Waals surface area contributed by atoms with Crippen molar-refractivity contribution in [1.29, 1.82) is 0 Å². The predicted molar refractivity (Wildman–Crippen MR) is 132 cm³/mol. The van der Waals surface area contributed by atoms with Gasteiger partial charge in [-0.15, -0.1) is 0 Å². The van der Waals surface area contributed by atoms with Gasteiger partial charge in [0.25, 0.3) is 0 Å². The zero-order valence-corrected chi connectivity index (χ0v) is 21.3. The SMILES string of the molecule is CC(C)(C)OC(=O)c1ccc(Cc2nc(NC3(c4ccc(Cl)cc4)CC3)nc(OCC(F)(F)F)n2)cc1. The summed E-state index contributed by atoms with van der Waals surface area (Å²) in [6, 6.07) is 13.5. The molecule has 2 aromatic carbocycles. The first-order chi connectivity index (χ1) is 17.3. The van der Waals surface area contributed by atoms with E-state index in [0.29, 0.717) is 10.6 Å². The molecular formula is C26H26ClF3N4O3. The van der Waals surface area contributed by atoms with E-state index in [-0.39, 0.29) is 18.2 Å². The highest BCUT2D eigenvalue weighted by Gasteiger charge is 2.45. The van der Waals surface area contributed by atoms with E-state index < -0.39 is 35.9 Å². The minimum Gasteiger partial charge on any atom is -0.456 e. The monoisotopic (exact) mass is 534 g/mol. The first kappa shape index (κ1) is 26.7. The van der Waals surface area contributed by atoms with Crippen LogP contribution in [0.5, 0.6) is 6.01 Å². The molecule has 11 heteroatoms. The molecule has 1 saturated carbocycles. The second kappa shape index (κ2) is 10.2. The van der Waals surface area contributed by atoms with Gasteiger partial charge < -0.3 is 14.8 Å². The second-order valence-corrected chi connectivity index (χ2v) is 10.3. The van der Waals surface area contributed by atoms with Crippen molar-refractivity contribution in [3.63, 3.8) is 0 Å². The van der Waals surface area contributed by atoms with Crippen molar-refractivity contribution in [2.24, 2.45) is 0 Å². The molecule has 1 N–H and O–H groups in total. The van der Waals surface area contributed by atoms with Crippen LogP contribution in [0.1, 0.15) is 60.9 Å². The number of carbonyl (C=O) groups is 1. The topological polar surface area (TPSA) is 86.2 Å². The van der Waals surface area contributed by atoms with Gasteiger partial charge in [-0.1, -0.05) is 35.9 Å². The minimum absolute atomic E-state index is 0.111. The number of hydrogen-bond donors (Lipinski definition) is 1. The third-order valence-electron chi connectivity index (χ3n) is 5.47. The number of halogens is 4. The molecule has 7 nitrogen and oxygen atoms in total. The van der Waals surface area contributed by atoms with Crippen molar-refractivity contribution in [3.8, 4) is 6.01 Å². The van der Waals surface area contributed by atoms with E-state index in [9.17, 15) is 18.0 Å². The van der Waals surface area contributed by atoms with Gasteiger partial charge in [0.05, 0.1) is 11.1 Å². The number of aromatic nitrogens is 3. The summed E-state index contributed by atoms with van der Waals surface area (Å²) in [4.78, 5) is 24.9. The molecule has 37 heavy (non-hydrogen) atoms. The fourth-order valence-corrected chi connectivity index (χ4v) is 3.74. The maximum atomic E-state index is 12.8. The Morgan fingerprint density at radius 1 is 1.00 bits per heavy atom. The maximum absolute atomic E-state index is 12.8. The van der Waals surface area contributed by atoms with Gasteiger partial charge in [0.15, 0.2) is 6.61 Å². The fraction of sp³-hybridized carbons (Fsp3) is 0.385. The molecule has 0 saturated heterocycles. The number of rotatable bonds is 8. The third kappa shape index (κ3) is 7.55. The summed E-state index contributed by atoms with van der Waals surface area (Å²) in [5.41, 5.74) is 1.02. The molecule has 0 atom stereocenters. The van der Waals surface area contributed by atoms with Crippen LogP contribution >= 0.6 is 11.6 Å². The van der Waals surface area contributed by atoms with Gasteiger partial charge in [-0.25, -0.2) is 4.79 Å². The van der Waals surface area contributed by atoms with Gasteiger partial charge in [0.2, 0.25) is 5.95 Å². The van der Waals surface area contributed by atoms with Crippen molar-refractivity contribution >= 4 is 23.5 Å². The summed E-state index contributed by atoms with van der Waals surface area (Å²) in [6.45, 7) is 3.82. The molecule has 4 rings (SSSR count). The number of nitrogens with zero attached hydrogens (tertiary/aromatic N) is 3. The van der Waals surface area contributed by atoms with Crippen molar-refractivity contribution < 1.29 is 27.4 Å². The minimum atomic E-state index is -4.54. The Labute approximate surface area is 217 Å². The molecule has 0 spiro atoms. The Morgan fingerprint density at radius 2 is 1.65 bits per heavy atom. The summed E-state index contributed by atoms with van der Waals surface area (Å²) in [5, 5.41) is 3.85. The lowest BCUT2D eigenvalue weighted by atomic mass is 10.1. The van der Waals surface area contributed by atoms with Crippen LogP contribution < -0.4 is 10.1 Å². The number of ether oxygens (including phenoxy) is 2. The zero-order chi connectivity index (χ0) is 26.8. The molecule has 1 aliphatic rings. The largest absolute Gasteiger partial charge is 0.456 e. The van der Waals surface area contributed by atoms with E-state index in [0.717, 1.165) is 24.0 Å². The molecule has 3 aromatic rings. The average molecular weight is 535 g/mol. The first-order valence-corrected chi connectivity index (χ1v) is 12.0. The predicted octanol–water partition coefficient (Wildman–Crippen LogP) is 6.11. The lowest BCUT2D eigenvalue weighted by Crippen LogP contribution is -2.24. The maximum Gasteiger partial charge on any atom is 0.422 e. The van der Waals surface area contributed by atoms with Crippen molar-refractivity contribution in [3.05, 3.63) is 76.1 Å². The number of nitrogens with one attached hydrogen (secondary N) is 1. The van der Waals surface area contributed by atoms with Crippen molar-refractivity contribution in [2.75, 3.05) is 11.9 Å². The number of anilines is 1. The van der Waals surface area contributed by atoms with Gasteiger partial charge in [-0.05, 0) is 69.0 Å². The van der Waals surface area contributed by atoms with Gasteiger partial charge in [0, 0.05) is 11.4 Å². The first-order valence-electron chi connectivity index (χ1n) is 11.6. The zero-order valence-electron chi connectivity index (χ0n) is 20.5. The van der Waals surface area contributed by atoms with Crippen molar-refractivity contribution in [2.45, 2.75) is 57.3 Å². The van der Waals surface area contributed by atoms with Gasteiger partial charge in [-0.2, -0.15) is 28.1 Å². The molecule has 0 amide bonds. The van der Waals surface area contributed by atoms with Gasteiger partial charge in [-0.3, -0.25) is 0 Å². The van der Waals surface area contributed by atoms with E-state index in [4.69, 9.17) is 21.1 Å². The lowest BCUT2D eigenvalue weighted by Gasteiger charge is -2.19. The Balaban J connectivity index is 1.55. The molecule has 1 aliphatic carbocycles. The molecule has 1 heterocycles. The second-order valence-electron chi connectivity index (χ2n) is 9.85. The fourth-order valence-electron chi connectivity index (χ4n) is 3.62. The summed E-state index contributed by atoms with van der Waals surface area (Å²) in [5.74, 6) is -0.128. The van der Waals surface area contributed by atoms with Crippen LogP contribution in [0.25, 0.3) is 0 Å². The van der Waals surface area contributed by atoms with E-state index in [1.54, 1.807) is 57.2 Å². The van der Waals surface area contributed by atoms with Crippen LogP contribution in [0.3, 0.4) is 0 Å². The lowest BCUT2D eigenvalue weighted by molar-refractivity contribution is -0.154. The number of benzene rings is 2. The van der Waals surface area contributed by atoms with E-state index in [2.05, 4.69) is 20.3 Å². The van der Waals surface area contributed by atoms with Crippen molar-refractivity contribution in [1.82, 2.24) is 15.0 Å². The van der Waals surface area contributed by atoms with Gasteiger partial charge >= 0.3 is 18.2 Å². The number of carbonyl (C=O) groups excluding carboxylic acids is 1. The van der Waals surface area contributed by atoms with Crippen LogP contribution in [-0.2, 0) is 16.7 Å². The van der Waals surface area contributed by atoms with Crippen LogP contribution in [0.4, 0.5) is 19.1 Å². The number of hydrogen-bond acceptors (Lipinski definition) is 7. The quantitative estimate of drug-likeness (QED) is 0.349. The number of alkyl halides is 3. The van der Waals surface area contributed by atoms with E-state index >= 15 is 0 Å². The molecule has 1 aromatic heterocycles. The normalized spacial score (nSPS) is 14.7. The standard InChI is InChI=1S/C26H26ClF3N4O3/c1-24(2,3)37-21(35)17-6-4-16(5-7-17)14-20-31-22(33-23(32-20)36-15-26(28,29)30)34-25(12-13-25)18-8-10-19(27)11-9-18/h4-11H,12-15H2,1-3H3,(H,31,32,33,34). The molecule has 0 bridgehead atoms. The summed E-state index contributed by atoms with van der Waals surface area (Å²) in [7, 11) is 0. The third-order valence-corrected chi connectivity index (χ3v) is 5.73. The Morgan fingerprint density at radius 3 is 2.22 bits per heavy atom. The summed E-state index contributed by atoms with van der Waals surface area (Å²) >= 11 is 6.00. The Kier molecular flexibility index (Phi) is 7.32. The highest BCUT2D eigenvalue weighted by atomic mass is 35.5. The Bertz CT molecular complexity index is 1260. The molecule has 196 valence electrons. The highest BCUT2D eigenvalue weighted by molar-refractivity contribution is 6.30.